The van der Waals surface area contributed by atoms with Crippen LogP contribution < -0.4 is 23.7 Å². The number of rotatable bonds is 13. The van der Waals surface area contributed by atoms with Crippen LogP contribution in [-0.4, -0.2) is 12.3 Å². The lowest BCUT2D eigenvalue weighted by atomic mass is 9.91. The van der Waals surface area contributed by atoms with Crippen molar-refractivity contribution in [2.45, 2.75) is 44.7 Å². The highest BCUT2D eigenvalue weighted by Crippen LogP contribution is 2.53. The van der Waals surface area contributed by atoms with Crippen molar-refractivity contribution in [2.75, 3.05) is 0 Å². The highest BCUT2D eigenvalue weighted by atomic mass is 16.8. The molecular formula is C44H36O8. The van der Waals surface area contributed by atoms with Crippen LogP contribution >= 0.6 is 0 Å². The van der Waals surface area contributed by atoms with Gasteiger partial charge in [0.05, 0.1) is 5.56 Å². The van der Waals surface area contributed by atoms with Crippen LogP contribution in [0.3, 0.4) is 0 Å². The van der Waals surface area contributed by atoms with Crippen molar-refractivity contribution in [1.82, 2.24) is 0 Å². The topological polar surface area (TPSA) is 81.7 Å². The van der Waals surface area contributed by atoms with Gasteiger partial charge in [-0.2, -0.15) is 0 Å². The molecule has 0 radical (unpaired) electrons. The van der Waals surface area contributed by atoms with E-state index in [9.17, 15) is 4.79 Å². The van der Waals surface area contributed by atoms with E-state index in [2.05, 4.69) is 0 Å². The number of benzene rings is 6. The van der Waals surface area contributed by atoms with Crippen LogP contribution in [0.5, 0.6) is 28.7 Å². The first-order chi connectivity index (χ1) is 25.7. The molecule has 6 aromatic rings. The van der Waals surface area contributed by atoms with Crippen LogP contribution in [0, 0.1) is 0 Å². The van der Waals surface area contributed by atoms with Crippen LogP contribution in [0.4, 0.5) is 4.79 Å². The zero-order valence-corrected chi connectivity index (χ0v) is 28.3. The van der Waals surface area contributed by atoms with Gasteiger partial charge in [-0.1, -0.05) is 127 Å². The molecule has 1 fully saturated rings. The fourth-order valence-corrected chi connectivity index (χ4v) is 6.31. The molecule has 8 rings (SSSR count). The third-order valence-corrected chi connectivity index (χ3v) is 8.92. The zero-order valence-electron chi connectivity index (χ0n) is 28.3. The number of carbonyl (C=O) groups excluding carboxylic acids is 1. The number of hydrogen-bond donors (Lipinski definition) is 0. The van der Waals surface area contributed by atoms with Crippen molar-refractivity contribution in [2.24, 2.45) is 0 Å². The standard InChI is InChI=1S/C44H36O8/c45-44-51-42-40-38(49-29-33-19-11-4-12-20-33)24-35(46-26-30-13-5-1-6-14-30)25-39(40)50-41(43(42)52-44)34-21-22-36(47-27-31-15-7-2-8-16-31)37(23-34)48-28-32-17-9-3-10-18-32/h1-25,41-43H,26-29H2/t41-,42+,43-/m1/s1. The van der Waals surface area contributed by atoms with E-state index in [4.69, 9.17) is 33.2 Å². The fraction of sp³-hybridized carbons (Fsp3) is 0.159. The number of carbonyl (C=O) groups is 1. The molecule has 0 amide bonds. The van der Waals surface area contributed by atoms with Crippen molar-refractivity contribution in [1.29, 1.82) is 0 Å². The summed E-state index contributed by atoms with van der Waals surface area (Å²) >= 11 is 0. The molecule has 8 heteroatoms. The number of fused-ring (bicyclic) bond motifs is 3. The van der Waals surface area contributed by atoms with Crippen LogP contribution in [-0.2, 0) is 35.9 Å². The Hall–Kier alpha value is -6.41. The molecule has 260 valence electrons. The Balaban J connectivity index is 1.13. The van der Waals surface area contributed by atoms with Gasteiger partial charge in [-0.3, -0.25) is 0 Å². The molecule has 2 heterocycles. The minimum Gasteiger partial charge on any atom is -0.489 e. The first-order valence-corrected chi connectivity index (χ1v) is 17.2. The third-order valence-electron chi connectivity index (χ3n) is 8.92. The second-order valence-electron chi connectivity index (χ2n) is 12.5. The van der Waals surface area contributed by atoms with E-state index in [-0.39, 0.29) is 6.61 Å². The Bertz CT molecular complexity index is 2110. The predicted octanol–water partition coefficient (Wildman–Crippen LogP) is 9.71. The highest BCUT2D eigenvalue weighted by Gasteiger charge is 2.51. The first kappa shape index (κ1) is 32.8. The van der Waals surface area contributed by atoms with Gasteiger partial charge in [0.1, 0.15) is 43.7 Å². The lowest BCUT2D eigenvalue weighted by Gasteiger charge is -2.34. The van der Waals surface area contributed by atoms with Gasteiger partial charge in [0.25, 0.3) is 0 Å². The summed E-state index contributed by atoms with van der Waals surface area (Å²) in [5, 5.41) is 0. The average Bonchev–Trinajstić information content (AvgIpc) is 3.60. The maximum absolute atomic E-state index is 12.8. The van der Waals surface area contributed by atoms with E-state index in [0.717, 1.165) is 27.8 Å². The third kappa shape index (κ3) is 7.51. The van der Waals surface area contributed by atoms with E-state index in [1.807, 2.05) is 152 Å². The predicted molar refractivity (Wildman–Crippen MR) is 193 cm³/mol. The van der Waals surface area contributed by atoms with E-state index >= 15 is 0 Å². The summed E-state index contributed by atoms with van der Waals surface area (Å²) in [4.78, 5) is 12.8. The van der Waals surface area contributed by atoms with E-state index in [1.165, 1.54) is 0 Å². The van der Waals surface area contributed by atoms with Gasteiger partial charge in [-0.25, -0.2) is 4.79 Å². The first-order valence-electron chi connectivity index (χ1n) is 17.2. The van der Waals surface area contributed by atoms with Crippen LogP contribution in [0.1, 0.15) is 45.6 Å². The quantitative estimate of drug-likeness (QED) is 0.111. The molecule has 0 unspecified atom stereocenters. The molecule has 0 N–H and O–H groups in total. The van der Waals surface area contributed by atoms with Gasteiger partial charge in [0.15, 0.2) is 29.8 Å². The summed E-state index contributed by atoms with van der Waals surface area (Å²) in [6, 6.07) is 48.9. The van der Waals surface area contributed by atoms with E-state index in [1.54, 1.807) is 0 Å². The lowest BCUT2D eigenvalue weighted by molar-refractivity contribution is 0.00584. The Kier molecular flexibility index (Phi) is 9.60. The lowest BCUT2D eigenvalue weighted by Crippen LogP contribution is -2.33. The monoisotopic (exact) mass is 692 g/mol. The van der Waals surface area contributed by atoms with Crippen molar-refractivity contribution < 1.29 is 38.0 Å². The van der Waals surface area contributed by atoms with Gasteiger partial charge in [-0.05, 0) is 34.4 Å². The van der Waals surface area contributed by atoms with Gasteiger partial charge < -0.3 is 33.2 Å². The molecule has 0 saturated carbocycles. The van der Waals surface area contributed by atoms with E-state index in [0.29, 0.717) is 54.1 Å². The molecule has 3 atom stereocenters. The molecule has 2 aliphatic heterocycles. The Morgan fingerprint density at radius 2 is 0.942 bits per heavy atom. The van der Waals surface area contributed by atoms with Gasteiger partial charge in [-0.15, -0.1) is 0 Å². The molecule has 1 saturated heterocycles. The summed E-state index contributed by atoms with van der Waals surface area (Å²) in [6.07, 6.45) is -3.11. The molecule has 8 nitrogen and oxygen atoms in total. The Morgan fingerprint density at radius 1 is 0.442 bits per heavy atom. The largest absolute Gasteiger partial charge is 0.509 e. The smallest absolute Gasteiger partial charge is 0.489 e. The van der Waals surface area contributed by atoms with Crippen molar-refractivity contribution >= 4 is 6.16 Å². The molecule has 2 aliphatic rings. The molecule has 6 aromatic carbocycles. The SMILES string of the molecule is O=C1O[C@@H]2[C@@H](c3ccc(OCc4ccccc4)c(OCc4ccccc4)c3)Oc3cc(OCc4ccccc4)cc(OCc4ccccc4)c3[C@@H]2O1. The Morgan fingerprint density at radius 3 is 1.50 bits per heavy atom. The van der Waals surface area contributed by atoms with E-state index < -0.39 is 24.5 Å². The second kappa shape index (κ2) is 15.2. The van der Waals surface area contributed by atoms with Crippen LogP contribution in [0.25, 0.3) is 0 Å². The maximum Gasteiger partial charge on any atom is 0.509 e. The van der Waals surface area contributed by atoms with Crippen molar-refractivity contribution in [3.8, 4) is 28.7 Å². The van der Waals surface area contributed by atoms with Gasteiger partial charge in [0.2, 0.25) is 0 Å². The zero-order chi connectivity index (χ0) is 35.1. The minimum absolute atomic E-state index is 0.289. The van der Waals surface area contributed by atoms with Gasteiger partial charge in [0, 0.05) is 17.7 Å². The molecule has 0 bridgehead atoms. The summed E-state index contributed by atoms with van der Waals surface area (Å²) in [5.74, 6) is 2.59. The highest BCUT2D eigenvalue weighted by molar-refractivity contribution is 5.66. The Labute approximate surface area is 302 Å². The summed E-state index contributed by atoms with van der Waals surface area (Å²) < 4.78 is 43.7. The fourth-order valence-electron chi connectivity index (χ4n) is 6.31. The average molecular weight is 693 g/mol. The van der Waals surface area contributed by atoms with Gasteiger partial charge >= 0.3 is 6.16 Å². The molecule has 0 spiro atoms. The van der Waals surface area contributed by atoms with Crippen LogP contribution in [0.2, 0.25) is 0 Å². The van der Waals surface area contributed by atoms with Crippen LogP contribution in [0.15, 0.2) is 152 Å². The normalized spacial score (nSPS) is 17.1. The number of ether oxygens (including phenoxy) is 7. The molecule has 52 heavy (non-hydrogen) atoms. The second-order valence-corrected chi connectivity index (χ2v) is 12.5. The molecule has 0 aromatic heterocycles. The van der Waals surface area contributed by atoms with Crippen molar-refractivity contribution in [3.63, 3.8) is 0 Å². The number of hydrogen-bond acceptors (Lipinski definition) is 8. The maximum atomic E-state index is 12.8. The minimum atomic E-state index is -0.798. The molecular weight excluding hydrogens is 656 g/mol. The van der Waals surface area contributed by atoms with Crippen molar-refractivity contribution in [3.05, 3.63) is 185 Å². The summed E-state index contributed by atoms with van der Waals surface area (Å²) in [5.41, 5.74) is 5.34. The molecule has 0 aliphatic carbocycles. The summed E-state index contributed by atoms with van der Waals surface area (Å²) in [7, 11) is 0. The summed E-state index contributed by atoms with van der Waals surface area (Å²) in [6.45, 7) is 1.33.